The first kappa shape index (κ1) is 17.1. The molecule has 0 radical (unpaired) electrons. The van der Waals surface area contributed by atoms with Crippen LogP contribution in [0.2, 0.25) is 5.02 Å². The van der Waals surface area contributed by atoms with E-state index in [1.807, 2.05) is 6.07 Å². The Morgan fingerprint density at radius 2 is 2.43 bits per heavy atom. The Morgan fingerprint density at radius 3 is 3.09 bits per heavy atom. The van der Waals surface area contributed by atoms with Gasteiger partial charge in [0.05, 0.1) is 18.9 Å². The SMILES string of the molecule is COc1ccc(Cl)cc1NC(=O)/C(C#N)=C\NCC1CCCO1. The molecule has 1 heterocycles. The summed E-state index contributed by atoms with van der Waals surface area (Å²) in [5, 5.41) is 15.2. The van der Waals surface area contributed by atoms with E-state index >= 15 is 0 Å². The number of hydrogen-bond acceptors (Lipinski definition) is 5. The van der Waals surface area contributed by atoms with Gasteiger partial charge in [-0.15, -0.1) is 0 Å². The van der Waals surface area contributed by atoms with Gasteiger partial charge in [0.25, 0.3) is 5.91 Å². The molecule has 1 aromatic carbocycles. The number of anilines is 1. The highest BCUT2D eigenvalue weighted by Gasteiger charge is 2.16. The van der Waals surface area contributed by atoms with E-state index < -0.39 is 5.91 Å². The van der Waals surface area contributed by atoms with Gasteiger partial charge in [0, 0.05) is 24.4 Å². The van der Waals surface area contributed by atoms with Gasteiger partial charge in [-0.25, -0.2) is 0 Å². The monoisotopic (exact) mass is 335 g/mol. The maximum absolute atomic E-state index is 12.2. The molecule has 0 aliphatic carbocycles. The van der Waals surface area contributed by atoms with Crippen molar-refractivity contribution in [2.24, 2.45) is 0 Å². The van der Waals surface area contributed by atoms with Crippen molar-refractivity contribution in [2.75, 3.05) is 25.6 Å². The molecule has 2 rings (SSSR count). The van der Waals surface area contributed by atoms with E-state index in [0.717, 1.165) is 19.4 Å². The fraction of sp³-hybridized carbons (Fsp3) is 0.375. The zero-order chi connectivity index (χ0) is 16.7. The molecular formula is C16H18ClN3O3. The van der Waals surface area contributed by atoms with E-state index in [1.54, 1.807) is 18.2 Å². The van der Waals surface area contributed by atoms with Crippen LogP contribution in [-0.4, -0.2) is 32.3 Å². The average molecular weight is 336 g/mol. The first-order valence-corrected chi connectivity index (χ1v) is 7.62. The first-order chi connectivity index (χ1) is 11.1. The molecule has 1 aromatic rings. The molecule has 1 aliphatic heterocycles. The highest BCUT2D eigenvalue weighted by Crippen LogP contribution is 2.27. The zero-order valence-electron chi connectivity index (χ0n) is 12.8. The predicted molar refractivity (Wildman–Crippen MR) is 87.3 cm³/mol. The van der Waals surface area contributed by atoms with Gasteiger partial charge >= 0.3 is 0 Å². The molecule has 1 atom stereocenters. The summed E-state index contributed by atoms with van der Waals surface area (Å²) in [6, 6.07) is 6.73. The molecule has 23 heavy (non-hydrogen) atoms. The van der Waals surface area contributed by atoms with Crippen LogP contribution in [0.25, 0.3) is 0 Å². The largest absolute Gasteiger partial charge is 0.495 e. The lowest BCUT2D eigenvalue weighted by molar-refractivity contribution is -0.112. The quantitative estimate of drug-likeness (QED) is 0.616. The van der Waals surface area contributed by atoms with Crippen LogP contribution >= 0.6 is 11.6 Å². The zero-order valence-corrected chi connectivity index (χ0v) is 13.5. The van der Waals surface area contributed by atoms with Gasteiger partial charge in [-0.3, -0.25) is 4.79 Å². The maximum Gasteiger partial charge on any atom is 0.267 e. The number of hydrogen-bond donors (Lipinski definition) is 2. The number of halogens is 1. The Morgan fingerprint density at radius 1 is 1.61 bits per heavy atom. The Labute approximate surface area is 140 Å². The minimum absolute atomic E-state index is 0.0370. The molecule has 1 aliphatic rings. The van der Waals surface area contributed by atoms with Crippen molar-refractivity contribution in [3.8, 4) is 11.8 Å². The van der Waals surface area contributed by atoms with Gasteiger partial charge in [-0.2, -0.15) is 5.26 Å². The molecule has 0 bridgehead atoms. The van der Waals surface area contributed by atoms with Crippen LogP contribution < -0.4 is 15.4 Å². The number of methoxy groups -OCH3 is 1. The smallest absolute Gasteiger partial charge is 0.267 e. The summed E-state index contributed by atoms with van der Waals surface area (Å²) in [5.74, 6) is -0.0692. The fourth-order valence-electron chi connectivity index (χ4n) is 2.21. The Kier molecular flexibility index (Phi) is 6.27. The highest BCUT2D eigenvalue weighted by molar-refractivity contribution is 6.31. The second-order valence-electron chi connectivity index (χ2n) is 5.01. The fourth-order valence-corrected chi connectivity index (χ4v) is 2.39. The summed E-state index contributed by atoms with van der Waals surface area (Å²) in [6.45, 7) is 1.33. The first-order valence-electron chi connectivity index (χ1n) is 7.24. The van der Waals surface area contributed by atoms with Crippen LogP contribution in [0.3, 0.4) is 0 Å². The number of rotatable bonds is 6. The summed E-state index contributed by atoms with van der Waals surface area (Å²) in [4.78, 5) is 12.2. The van der Waals surface area contributed by atoms with Crippen LogP contribution in [0.15, 0.2) is 30.0 Å². The second-order valence-corrected chi connectivity index (χ2v) is 5.45. The lowest BCUT2D eigenvalue weighted by atomic mass is 10.2. The number of carbonyl (C=O) groups is 1. The van der Waals surface area contributed by atoms with E-state index in [1.165, 1.54) is 13.3 Å². The van der Waals surface area contributed by atoms with Crippen LogP contribution in [-0.2, 0) is 9.53 Å². The van der Waals surface area contributed by atoms with E-state index in [2.05, 4.69) is 10.6 Å². The highest BCUT2D eigenvalue weighted by atomic mass is 35.5. The van der Waals surface area contributed by atoms with Gasteiger partial charge in [0.15, 0.2) is 0 Å². The molecular weight excluding hydrogens is 318 g/mol. The number of benzene rings is 1. The maximum atomic E-state index is 12.2. The van der Waals surface area contributed by atoms with Crippen molar-refractivity contribution >= 4 is 23.2 Å². The van der Waals surface area contributed by atoms with E-state index in [0.29, 0.717) is 23.0 Å². The second kappa shape index (κ2) is 8.42. The molecule has 2 N–H and O–H groups in total. The molecule has 1 fully saturated rings. The van der Waals surface area contributed by atoms with Gasteiger partial charge < -0.3 is 20.1 Å². The van der Waals surface area contributed by atoms with Gasteiger partial charge in [0.2, 0.25) is 0 Å². The summed E-state index contributed by atoms with van der Waals surface area (Å²) in [5.41, 5.74) is 0.371. The van der Waals surface area contributed by atoms with Crippen LogP contribution in [0.5, 0.6) is 5.75 Å². The average Bonchev–Trinajstić information content (AvgIpc) is 3.05. The van der Waals surface area contributed by atoms with Crippen LogP contribution in [0.4, 0.5) is 5.69 Å². The predicted octanol–water partition coefficient (Wildman–Crippen LogP) is 2.46. The standard InChI is InChI=1S/C16H18ClN3O3/c1-22-15-5-4-12(17)7-14(15)20-16(21)11(8-18)9-19-10-13-3-2-6-23-13/h4-5,7,9,13,19H,2-3,6,10H2,1H3,(H,20,21)/b11-9-. The molecule has 1 unspecified atom stereocenters. The lowest BCUT2D eigenvalue weighted by Crippen LogP contribution is -2.24. The van der Waals surface area contributed by atoms with E-state index in [4.69, 9.17) is 26.3 Å². The summed E-state index contributed by atoms with van der Waals surface area (Å²) < 4.78 is 10.6. The van der Waals surface area contributed by atoms with Gasteiger partial charge in [-0.1, -0.05) is 11.6 Å². The van der Waals surface area contributed by atoms with Gasteiger partial charge in [-0.05, 0) is 31.0 Å². The van der Waals surface area contributed by atoms with E-state index in [-0.39, 0.29) is 11.7 Å². The lowest BCUT2D eigenvalue weighted by Gasteiger charge is -2.11. The third-order valence-corrected chi connectivity index (χ3v) is 3.63. The van der Waals surface area contributed by atoms with Crippen molar-refractivity contribution in [3.05, 3.63) is 35.0 Å². The molecule has 6 nitrogen and oxygen atoms in total. The summed E-state index contributed by atoms with van der Waals surface area (Å²) in [6.07, 6.45) is 3.54. The number of nitrogens with one attached hydrogen (secondary N) is 2. The Bertz CT molecular complexity index is 634. The van der Waals surface area contributed by atoms with Crippen molar-refractivity contribution in [3.63, 3.8) is 0 Å². The number of nitrogens with zero attached hydrogens (tertiary/aromatic N) is 1. The third-order valence-electron chi connectivity index (χ3n) is 3.39. The summed E-state index contributed by atoms with van der Waals surface area (Å²) >= 11 is 5.91. The topological polar surface area (TPSA) is 83.4 Å². The minimum atomic E-state index is -0.534. The molecule has 0 aromatic heterocycles. The Hall–Kier alpha value is -2.23. The normalized spacial score (nSPS) is 17.4. The molecule has 122 valence electrons. The van der Waals surface area contributed by atoms with Gasteiger partial charge in [0.1, 0.15) is 17.4 Å². The minimum Gasteiger partial charge on any atom is -0.495 e. The van der Waals surface area contributed by atoms with Crippen molar-refractivity contribution in [2.45, 2.75) is 18.9 Å². The van der Waals surface area contributed by atoms with Crippen molar-refractivity contribution < 1.29 is 14.3 Å². The van der Waals surface area contributed by atoms with Crippen LogP contribution in [0, 0.1) is 11.3 Å². The number of ether oxygens (including phenoxy) is 2. The number of amides is 1. The van der Waals surface area contributed by atoms with Crippen molar-refractivity contribution in [1.82, 2.24) is 5.32 Å². The summed E-state index contributed by atoms with van der Waals surface area (Å²) in [7, 11) is 1.49. The molecule has 7 heteroatoms. The molecule has 1 saturated heterocycles. The molecule has 1 amide bonds. The third kappa shape index (κ3) is 4.88. The Balaban J connectivity index is 1.99. The molecule has 0 spiro atoms. The number of nitriles is 1. The van der Waals surface area contributed by atoms with Crippen LogP contribution in [0.1, 0.15) is 12.8 Å². The number of carbonyl (C=O) groups excluding carboxylic acids is 1. The van der Waals surface area contributed by atoms with Crippen molar-refractivity contribution in [1.29, 1.82) is 5.26 Å². The molecule has 0 saturated carbocycles. The van der Waals surface area contributed by atoms with E-state index in [9.17, 15) is 4.79 Å².